The third-order valence-corrected chi connectivity index (χ3v) is 5.97. The van der Waals surface area contributed by atoms with Gasteiger partial charge in [0.1, 0.15) is 0 Å². The minimum absolute atomic E-state index is 0. The van der Waals surface area contributed by atoms with E-state index in [4.69, 9.17) is 14.5 Å². The summed E-state index contributed by atoms with van der Waals surface area (Å²) in [7, 11) is 2.16. The van der Waals surface area contributed by atoms with E-state index in [-0.39, 0.29) is 24.0 Å². The van der Waals surface area contributed by atoms with Gasteiger partial charge in [0.2, 0.25) is 0 Å². The Kier molecular flexibility index (Phi) is 7.61. The standard InChI is InChI=1S/C18H33N3O2.HI/c1-4-19-17(21(3)12-14-7-10-22-13-14)20-15-11-16(23-5-2)18(15)8-6-9-18;/h14-16H,4-13H2,1-3H3,(H,19,20);1H. The molecule has 140 valence electrons. The number of rotatable bonds is 6. The molecule has 24 heavy (non-hydrogen) atoms. The predicted octanol–water partition coefficient (Wildman–Crippen LogP) is 2.89. The summed E-state index contributed by atoms with van der Waals surface area (Å²) in [6.45, 7) is 8.70. The van der Waals surface area contributed by atoms with Gasteiger partial charge in [-0.2, -0.15) is 0 Å². The van der Waals surface area contributed by atoms with Crippen molar-refractivity contribution in [1.29, 1.82) is 0 Å². The average molecular weight is 451 g/mol. The van der Waals surface area contributed by atoms with Gasteiger partial charge in [0.25, 0.3) is 0 Å². The second-order valence-corrected chi connectivity index (χ2v) is 7.37. The van der Waals surface area contributed by atoms with Crippen molar-refractivity contribution in [2.75, 3.05) is 40.0 Å². The molecule has 1 saturated heterocycles. The van der Waals surface area contributed by atoms with Crippen LogP contribution in [0, 0.1) is 11.3 Å². The van der Waals surface area contributed by atoms with E-state index in [0.29, 0.717) is 23.5 Å². The molecule has 0 amide bonds. The van der Waals surface area contributed by atoms with Gasteiger partial charge in [-0.25, -0.2) is 0 Å². The number of ether oxygens (including phenoxy) is 2. The van der Waals surface area contributed by atoms with Crippen LogP contribution in [0.25, 0.3) is 0 Å². The summed E-state index contributed by atoms with van der Waals surface area (Å²) in [5.74, 6) is 1.70. The number of hydrogen-bond acceptors (Lipinski definition) is 3. The Morgan fingerprint density at radius 1 is 1.38 bits per heavy atom. The Bertz CT molecular complexity index is 422. The van der Waals surface area contributed by atoms with E-state index in [9.17, 15) is 0 Å². The fourth-order valence-corrected chi connectivity index (χ4v) is 4.42. The number of aliphatic imine (C=N–C) groups is 1. The van der Waals surface area contributed by atoms with E-state index in [1.807, 2.05) is 0 Å². The summed E-state index contributed by atoms with van der Waals surface area (Å²) in [6.07, 6.45) is 6.69. The fourth-order valence-electron chi connectivity index (χ4n) is 4.42. The highest BCUT2D eigenvalue weighted by atomic mass is 127. The topological polar surface area (TPSA) is 46.1 Å². The zero-order valence-corrected chi connectivity index (χ0v) is 17.8. The molecule has 5 nitrogen and oxygen atoms in total. The molecule has 1 spiro atoms. The smallest absolute Gasteiger partial charge is 0.193 e. The van der Waals surface area contributed by atoms with Crippen LogP contribution in [-0.2, 0) is 9.47 Å². The van der Waals surface area contributed by atoms with E-state index >= 15 is 0 Å². The molecule has 2 saturated carbocycles. The molecule has 3 unspecified atom stereocenters. The van der Waals surface area contributed by atoms with E-state index in [0.717, 1.165) is 45.3 Å². The van der Waals surface area contributed by atoms with E-state index in [2.05, 4.69) is 31.1 Å². The maximum absolute atomic E-state index is 5.97. The van der Waals surface area contributed by atoms with Crippen molar-refractivity contribution < 1.29 is 9.47 Å². The van der Waals surface area contributed by atoms with Crippen LogP contribution >= 0.6 is 24.0 Å². The second-order valence-electron chi connectivity index (χ2n) is 7.37. The first-order chi connectivity index (χ1) is 11.2. The molecule has 1 aliphatic heterocycles. The molecule has 3 aliphatic rings. The lowest BCUT2D eigenvalue weighted by molar-refractivity contribution is -0.168. The Morgan fingerprint density at radius 2 is 2.17 bits per heavy atom. The molecule has 1 N–H and O–H groups in total. The van der Waals surface area contributed by atoms with Crippen molar-refractivity contribution in [3.63, 3.8) is 0 Å². The van der Waals surface area contributed by atoms with Crippen LogP contribution in [-0.4, -0.2) is 63.0 Å². The SMILES string of the molecule is CCN=C(NC1CC(OCC)C12CCC2)N(C)CC1CCOC1.I. The summed E-state index contributed by atoms with van der Waals surface area (Å²) in [6, 6.07) is 0.528. The molecule has 0 radical (unpaired) electrons. The van der Waals surface area contributed by atoms with Crippen LogP contribution in [0.1, 0.15) is 46.0 Å². The number of halogens is 1. The van der Waals surface area contributed by atoms with Crippen LogP contribution in [0.3, 0.4) is 0 Å². The summed E-state index contributed by atoms with van der Waals surface area (Å²) in [4.78, 5) is 7.03. The number of hydrogen-bond donors (Lipinski definition) is 1. The molecule has 0 aromatic heterocycles. The van der Waals surface area contributed by atoms with Crippen LogP contribution < -0.4 is 5.32 Å². The van der Waals surface area contributed by atoms with E-state index < -0.39 is 0 Å². The van der Waals surface area contributed by atoms with Gasteiger partial charge in [-0.1, -0.05) is 6.42 Å². The quantitative estimate of drug-likeness (QED) is 0.383. The van der Waals surface area contributed by atoms with Crippen molar-refractivity contribution in [2.45, 2.75) is 58.1 Å². The predicted molar refractivity (Wildman–Crippen MR) is 108 cm³/mol. The third-order valence-electron chi connectivity index (χ3n) is 5.97. The molecule has 0 aromatic carbocycles. The van der Waals surface area contributed by atoms with Crippen LogP contribution in [0.4, 0.5) is 0 Å². The van der Waals surface area contributed by atoms with Crippen molar-refractivity contribution >= 4 is 29.9 Å². The second kappa shape index (κ2) is 9.03. The highest BCUT2D eigenvalue weighted by Crippen LogP contribution is 2.57. The third kappa shape index (κ3) is 4.01. The monoisotopic (exact) mass is 451 g/mol. The van der Waals surface area contributed by atoms with Gasteiger partial charge in [-0.15, -0.1) is 24.0 Å². The van der Waals surface area contributed by atoms with Crippen LogP contribution in [0.2, 0.25) is 0 Å². The zero-order chi connectivity index (χ0) is 16.3. The first kappa shape index (κ1) is 20.2. The van der Waals surface area contributed by atoms with E-state index in [1.165, 1.54) is 25.7 Å². The molecule has 1 heterocycles. The van der Waals surface area contributed by atoms with Gasteiger partial charge >= 0.3 is 0 Å². The number of guanidine groups is 1. The molecule has 0 bridgehead atoms. The molecule has 6 heteroatoms. The number of nitrogens with one attached hydrogen (secondary N) is 1. The van der Waals surface area contributed by atoms with Crippen molar-refractivity contribution in [1.82, 2.24) is 10.2 Å². The van der Waals surface area contributed by atoms with Crippen molar-refractivity contribution in [3.05, 3.63) is 0 Å². The first-order valence-electron chi connectivity index (χ1n) is 9.41. The van der Waals surface area contributed by atoms with Crippen LogP contribution in [0.15, 0.2) is 4.99 Å². The Balaban J connectivity index is 0.00000208. The van der Waals surface area contributed by atoms with Crippen LogP contribution in [0.5, 0.6) is 0 Å². The molecular formula is C18H34IN3O2. The lowest BCUT2D eigenvalue weighted by atomic mass is 9.51. The summed E-state index contributed by atoms with van der Waals surface area (Å²) < 4.78 is 11.5. The Morgan fingerprint density at radius 3 is 2.71 bits per heavy atom. The molecule has 3 atom stereocenters. The van der Waals surface area contributed by atoms with Gasteiger partial charge in [0.05, 0.1) is 12.7 Å². The Hall–Kier alpha value is -0.0800. The van der Waals surface area contributed by atoms with Crippen molar-refractivity contribution in [2.24, 2.45) is 16.3 Å². The highest BCUT2D eigenvalue weighted by Gasteiger charge is 2.59. The minimum Gasteiger partial charge on any atom is -0.381 e. The normalized spacial score (nSPS) is 31.1. The van der Waals surface area contributed by atoms with Gasteiger partial charge in [0.15, 0.2) is 5.96 Å². The largest absolute Gasteiger partial charge is 0.381 e. The van der Waals surface area contributed by atoms with Gasteiger partial charge in [-0.05, 0) is 39.5 Å². The molecule has 2 aliphatic carbocycles. The van der Waals surface area contributed by atoms with Crippen molar-refractivity contribution in [3.8, 4) is 0 Å². The molecule has 3 rings (SSSR count). The lowest BCUT2D eigenvalue weighted by Crippen LogP contribution is -2.68. The van der Waals surface area contributed by atoms with Gasteiger partial charge in [0, 0.05) is 50.7 Å². The van der Waals surface area contributed by atoms with Gasteiger partial charge < -0.3 is 19.7 Å². The average Bonchev–Trinajstić information content (AvgIpc) is 2.96. The zero-order valence-electron chi connectivity index (χ0n) is 15.4. The first-order valence-corrected chi connectivity index (χ1v) is 9.41. The maximum atomic E-state index is 5.97. The fraction of sp³-hybridized carbons (Fsp3) is 0.944. The summed E-state index contributed by atoms with van der Waals surface area (Å²) >= 11 is 0. The molecule has 0 aromatic rings. The highest BCUT2D eigenvalue weighted by molar-refractivity contribution is 14.0. The maximum Gasteiger partial charge on any atom is 0.193 e. The lowest BCUT2D eigenvalue weighted by Gasteiger charge is -2.61. The minimum atomic E-state index is 0. The Labute approximate surface area is 164 Å². The van der Waals surface area contributed by atoms with Gasteiger partial charge in [-0.3, -0.25) is 4.99 Å². The molecule has 3 fully saturated rings. The molecular weight excluding hydrogens is 417 g/mol. The summed E-state index contributed by atoms with van der Waals surface area (Å²) in [5, 5.41) is 3.76. The number of nitrogens with zero attached hydrogens (tertiary/aromatic N) is 2. The van der Waals surface area contributed by atoms with E-state index in [1.54, 1.807) is 0 Å². The summed E-state index contributed by atoms with van der Waals surface area (Å²) in [5.41, 5.74) is 0.377.